The smallest absolute Gasteiger partial charge is 0.257 e. The Bertz CT molecular complexity index is 1330. The monoisotopic (exact) mass is 490 g/mol. The van der Waals surface area contributed by atoms with Crippen molar-refractivity contribution in [1.82, 2.24) is 0 Å². The number of hydrogen-bond acceptors (Lipinski definition) is 5. The fourth-order valence-electron chi connectivity index (χ4n) is 3.34. The maximum atomic E-state index is 14.4. The van der Waals surface area contributed by atoms with Crippen molar-refractivity contribution in [2.45, 2.75) is 13.5 Å². The zero-order valence-electron chi connectivity index (χ0n) is 19.1. The van der Waals surface area contributed by atoms with Gasteiger partial charge in [0, 0.05) is 17.3 Å². The molecule has 3 aromatic rings. The van der Waals surface area contributed by atoms with Crippen molar-refractivity contribution in [3.63, 3.8) is 0 Å². The second kappa shape index (κ2) is 10.1. The molecule has 0 heterocycles. The highest BCUT2D eigenvalue weighted by atomic mass is 32.2. The van der Waals surface area contributed by atoms with Gasteiger partial charge in [-0.15, -0.1) is 0 Å². The van der Waals surface area contributed by atoms with Crippen LogP contribution in [0.25, 0.3) is 0 Å². The number of aryl methyl sites for hydroxylation is 1. The number of ether oxygens (including phenoxy) is 2. The molecule has 0 saturated heterocycles. The van der Waals surface area contributed by atoms with Gasteiger partial charge in [0.25, 0.3) is 5.91 Å². The minimum Gasteiger partial charge on any atom is -0.493 e. The van der Waals surface area contributed by atoms with Gasteiger partial charge >= 0.3 is 0 Å². The number of sulfonamides is 1. The molecule has 3 aromatic carbocycles. The van der Waals surface area contributed by atoms with E-state index in [4.69, 9.17) is 9.47 Å². The van der Waals surface area contributed by atoms with Crippen molar-refractivity contribution < 1.29 is 31.5 Å². The molecule has 10 heteroatoms. The molecule has 1 N–H and O–H groups in total. The van der Waals surface area contributed by atoms with Crippen LogP contribution >= 0.6 is 0 Å². The Morgan fingerprint density at radius 3 is 2.26 bits per heavy atom. The number of carbonyl (C=O) groups is 1. The number of halogens is 2. The lowest BCUT2D eigenvalue weighted by molar-refractivity contribution is 0.102. The van der Waals surface area contributed by atoms with Gasteiger partial charge in [-0.2, -0.15) is 0 Å². The summed E-state index contributed by atoms with van der Waals surface area (Å²) in [5.41, 5.74) is 0.766. The highest BCUT2D eigenvalue weighted by Gasteiger charge is 2.27. The van der Waals surface area contributed by atoms with Gasteiger partial charge < -0.3 is 14.8 Å². The lowest BCUT2D eigenvalue weighted by atomic mass is 10.1. The maximum Gasteiger partial charge on any atom is 0.257 e. The minimum absolute atomic E-state index is 0.0602. The number of anilines is 2. The SMILES string of the molecule is COc1cc(C(=O)Nc2cc(F)ccc2C)c(N(Cc2ccccc2F)S(C)(=O)=O)cc1OC. The molecule has 0 bridgehead atoms. The van der Waals surface area contributed by atoms with Crippen molar-refractivity contribution in [1.29, 1.82) is 0 Å². The molecule has 0 spiro atoms. The molecule has 7 nitrogen and oxygen atoms in total. The van der Waals surface area contributed by atoms with E-state index in [0.29, 0.717) is 5.56 Å². The first-order chi connectivity index (χ1) is 16.0. The van der Waals surface area contributed by atoms with E-state index in [2.05, 4.69) is 5.32 Å². The molecule has 0 aliphatic heterocycles. The van der Waals surface area contributed by atoms with Gasteiger partial charge in [-0.1, -0.05) is 24.3 Å². The second-order valence-electron chi connectivity index (χ2n) is 7.50. The maximum absolute atomic E-state index is 14.4. The van der Waals surface area contributed by atoms with Gasteiger partial charge in [0.15, 0.2) is 11.5 Å². The summed E-state index contributed by atoms with van der Waals surface area (Å²) >= 11 is 0. The predicted molar refractivity (Wildman–Crippen MR) is 126 cm³/mol. The summed E-state index contributed by atoms with van der Waals surface area (Å²) in [4.78, 5) is 13.3. The molecule has 180 valence electrons. The average molecular weight is 491 g/mol. The van der Waals surface area contributed by atoms with E-state index in [0.717, 1.165) is 16.6 Å². The van der Waals surface area contributed by atoms with E-state index in [9.17, 15) is 22.0 Å². The van der Waals surface area contributed by atoms with E-state index in [1.54, 1.807) is 13.0 Å². The number of nitrogens with zero attached hydrogens (tertiary/aromatic N) is 1. The summed E-state index contributed by atoms with van der Waals surface area (Å²) in [6.07, 6.45) is 0.947. The Kier molecular flexibility index (Phi) is 7.41. The van der Waals surface area contributed by atoms with Gasteiger partial charge in [0.1, 0.15) is 11.6 Å². The van der Waals surface area contributed by atoms with Crippen LogP contribution in [-0.4, -0.2) is 34.8 Å². The van der Waals surface area contributed by atoms with E-state index in [1.807, 2.05) is 0 Å². The molecule has 0 aliphatic rings. The van der Waals surface area contributed by atoms with E-state index in [-0.39, 0.29) is 40.5 Å². The first-order valence-corrected chi connectivity index (χ1v) is 11.9. The third-order valence-electron chi connectivity index (χ3n) is 5.14. The lowest BCUT2D eigenvalue weighted by Crippen LogP contribution is -2.32. The molecule has 1 amide bonds. The van der Waals surface area contributed by atoms with Crippen LogP contribution in [0.1, 0.15) is 21.5 Å². The van der Waals surface area contributed by atoms with Crippen LogP contribution in [-0.2, 0) is 16.6 Å². The van der Waals surface area contributed by atoms with Gasteiger partial charge in [-0.3, -0.25) is 9.10 Å². The van der Waals surface area contributed by atoms with Crippen LogP contribution in [0.15, 0.2) is 54.6 Å². The van der Waals surface area contributed by atoms with Crippen molar-refractivity contribution >= 4 is 27.3 Å². The summed E-state index contributed by atoms with van der Waals surface area (Å²) in [7, 11) is -1.27. The Labute approximate surface area is 197 Å². The quantitative estimate of drug-likeness (QED) is 0.502. The lowest BCUT2D eigenvalue weighted by Gasteiger charge is -2.26. The van der Waals surface area contributed by atoms with Crippen LogP contribution in [0.5, 0.6) is 11.5 Å². The normalized spacial score (nSPS) is 11.1. The molecule has 0 fully saturated rings. The largest absolute Gasteiger partial charge is 0.493 e. The molecule has 0 aliphatic carbocycles. The minimum atomic E-state index is -3.99. The van der Waals surface area contributed by atoms with Gasteiger partial charge in [0.2, 0.25) is 10.0 Å². The van der Waals surface area contributed by atoms with Crippen molar-refractivity contribution in [3.05, 3.63) is 82.9 Å². The molecular formula is C24H24F2N2O5S. The zero-order valence-corrected chi connectivity index (χ0v) is 19.9. The highest BCUT2D eigenvalue weighted by Crippen LogP contribution is 2.37. The summed E-state index contributed by atoms with van der Waals surface area (Å²) in [5, 5.41) is 2.61. The fourth-order valence-corrected chi connectivity index (χ4v) is 4.22. The van der Waals surface area contributed by atoms with Crippen LogP contribution in [0, 0.1) is 18.6 Å². The average Bonchev–Trinajstić information content (AvgIpc) is 2.79. The van der Waals surface area contributed by atoms with Crippen molar-refractivity contribution in [3.8, 4) is 11.5 Å². The van der Waals surface area contributed by atoms with Crippen LogP contribution in [0.2, 0.25) is 0 Å². The summed E-state index contributed by atoms with van der Waals surface area (Å²) in [5.74, 6) is -1.53. The zero-order chi connectivity index (χ0) is 25.0. The van der Waals surface area contributed by atoms with E-state index < -0.39 is 27.6 Å². The molecule has 3 rings (SSSR count). The molecular weight excluding hydrogens is 466 g/mol. The molecule has 0 radical (unpaired) electrons. The number of benzene rings is 3. The van der Waals surface area contributed by atoms with Crippen molar-refractivity contribution in [2.24, 2.45) is 0 Å². The van der Waals surface area contributed by atoms with Crippen LogP contribution in [0.3, 0.4) is 0 Å². The summed E-state index contributed by atoms with van der Waals surface area (Å²) < 4.78 is 65.2. The van der Waals surface area contributed by atoms with E-state index >= 15 is 0 Å². The third-order valence-corrected chi connectivity index (χ3v) is 6.26. The second-order valence-corrected chi connectivity index (χ2v) is 9.41. The van der Waals surface area contributed by atoms with Gasteiger partial charge in [-0.05, 0) is 36.8 Å². The highest BCUT2D eigenvalue weighted by molar-refractivity contribution is 7.92. The Hall–Kier alpha value is -3.66. The first-order valence-electron chi connectivity index (χ1n) is 10.1. The number of methoxy groups -OCH3 is 2. The standard InChI is InChI=1S/C24H24F2N2O5S/c1-15-9-10-17(25)11-20(15)27-24(29)18-12-22(32-2)23(33-3)13-21(18)28(34(4,30)31)14-16-7-5-6-8-19(16)26/h5-13H,14H2,1-4H3,(H,27,29). The molecule has 34 heavy (non-hydrogen) atoms. The number of nitrogens with one attached hydrogen (secondary N) is 1. The topological polar surface area (TPSA) is 84.9 Å². The Balaban J connectivity index is 2.18. The fraction of sp³-hybridized carbons (Fsp3) is 0.208. The summed E-state index contributed by atoms with van der Waals surface area (Å²) in [6, 6.07) is 12.3. The number of carbonyl (C=O) groups excluding carboxylic acids is 1. The number of amides is 1. The predicted octanol–water partition coefficient (Wildman–Crippen LogP) is 4.51. The van der Waals surface area contributed by atoms with Gasteiger partial charge in [0.05, 0.1) is 38.3 Å². The number of rotatable bonds is 8. The third kappa shape index (κ3) is 5.45. The Morgan fingerprint density at radius 1 is 1.00 bits per heavy atom. The van der Waals surface area contributed by atoms with Crippen molar-refractivity contribution in [2.75, 3.05) is 30.1 Å². The first kappa shape index (κ1) is 25.0. The molecule has 0 saturated carbocycles. The van der Waals surface area contributed by atoms with Gasteiger partial charge in [-0.25, -0.2) is 17.2 Å². The van der Waals surface area contributed by atoms with Crippen LogP contribution < -0.4 is 19.1 Å². The van der Waals surface area contributed by atoms with Crippen LogP contribution in [0.4, 0.5) is 20.2 Å². The number of hydrogen-bond donors (Lipinski definition) is 1. The molecule has 0 atom stereocenters. The molecule has 0 unspecified atom stereocenters. The van der Waals surface area contributed by atoms with E-state index in [1.165, 1.54) is 56.7 Å². The molecule has 0 aromatic heterocycles. The Morgan fingerprint density at radius 2 is 1.65 bits per heavy atom. The summed E-state index contributed by atoms with van der Waals surface area (Å²) in [6.45, 7) is 1.31.